The van der Waals surface area contributed by atoms with E-state index in [-0.39, 0.29) is 26.2 Å². The van der Waals surface area contributed by atoms with Gasteiger partial charge in [-0.15, -0.1) is 0 Å². The zero-order valence-corrected chi connectivity index (χ0v) is 12.6. The Morgan fingerprint density at radius 3 is 2.79 bits per heavy atom. The number of benzene rings is 1. The van der Waals surface area contributed by atoms with Crippen molar-refractivity contribution in [1.82, 2.24) is 10.2 Å². The molecule has 6 nitrogen and oxygen atoms in total. The summed E-state index contributed by atoms with van der Waals surface area (Å²) in [6, 6.07) is 6.22. The van der Waals surface area contributed by atoms with E-state index in [2.05, 4.69) is 10.1 Å². The molecule has 9 heteroatoms. The van der Waals surface area contributed by atoms with Gasteiger partial charge in [0.25, 0.3) is 5.91 Å². The van der Waals surface area contributed by atoms with E-state index in [1.54, 1.807) is 24.3 Å². The number of imide groups is 1. The average molecular weight is 344 g/mol. The van der Waals surface area contributed by atoms with Crippen LogP contribution in [0.15, 0.2) is 24.3 Å². The minimum absolute atomic E-state index is 0.245. The molecule has 0 saturated carbocycles. The van der Waals surface area contributed by atoms with E-state index in [9.17, 15) is 22.8 Å². The van der Waals surface area contributed by atoms with Gasteiger partial charge in [-0.2, -0.15) is 13.2 Å². The summed E-state index contributed by atoms with van der Waals surface area (Å²) in [6.07, 6.45) is -4.19. The van der Waals surface area contributed by atoms with Gasteiger partial charge in [0.1, 0.15) is 12.4 Å². The molecular formula is C15H15F3N2O4. The first kappa shape index (κ1) is 16.6. The Kier molecular flexibility index (Phi) is 4.12. The van der Waals surface area contributed by atoms with Crippen LogP contribution >= 0.6 is 0 Å². The molecule has 1 saturated heterocycles. The summed E-state index contributed by atoms with van der Waals surface area (Å²) < 4.78 is 46.2. The standard InChI is InChI=1S/C15H15F3N2O4/c16-15(17,18)9-23-8-6-20-12(21)14(19-13(20)22)5-7-24-11-4-2-1-3-10(11)14/h1-4H,5-9H2,(H,19,22). The fourth-order valence-electron chi connectivity index (χ4n) is 2.92. The lowest BCUT2D eigenvalue weighted by atomic mass is 9.84. The van der Waals surface area contributed by atoms with E-state index >= 15 is 0 Å². The van der Waals surface area contributed by atoms with E-state index in [0.717, 1.165) is 4.90 Å². The van der Waals surface area contributed by atoms with Gasteiger partial charge in [0, 0.05) is 12.0 Å². The zero-order valence-electron chi connectivity index (χ0n) is 12.6. The topological polar surface area (TPSA) is 67.9 Å². The van der Waals surface area contributed by atoms with Gasteiger partial charge < -0.3 is 14.8 Å². The van der Waals surface area contributed by atoms with Crippen molar-refractivity contribution < 1.29 is 32.2 Å². The molecule has 2 aliphatic heterocycles. The molecule has 3 rings (SSSR count). The summed E-state index contributed by atoms with van der Waals surface area (Å²) >= 11 is 0. The average Bonchev–Trinajstić information content (AvgIpc) is 2.75. The molecule has 1 fully saturated rings. The molecule has 1 aromatic rings. The van der Waals surface area contributed by atoms with Gasteiger partial charge in [-0.05, 0) is 6.07 Å². The molecule has 0 bridgehead atoms. The number of para-hydroxylation sites is 1. The minimum Gasteiger partial charge on any atom is -0.493 e. The number of nitrogens with zero attached hydrogens (tertiary/aromatic N) is 1. The van der Waals surface area contributed by atoms with Crippen molar-refractivity contribution in [1.29, 1.82) is 0 Å². The highest BCUT2D eigenvalue weighted by Gasteiger charge is 2.54. The molecule has 130 valence electrons. The minimum atomic E-state index is -4.45. The number of rotatable bonds is 4. The van der Waals surface area contributed by atoms with E-state index in [0.29, 0.717) is 11.3 Å². The first-order valence-corrected chi connectivity index (χ1v) is 7.34. The monoisotopic (exact) mass is 344 g/mol. The predicted octanol–water partition coefficient (Wildman–Crippen LogP) is 1.80. The van der Waals surface area contributed by atoms with Gasteiger partial charge in [0.05, 0.1) is 19.8 Å². The number of hydrogen-bond donors (Lipinski definition) is 1. The van der Waals surface area contributed by atoms with Crippen molar-refractivity contribution in [2.45, 2.75) is 18.1 Å². The molecule has 1 aromatic carbocycles. The highest BCUT2D eigenvalue weighted by atomic mass is 19.4. The highest BCUT2D eigenvalue weighted by Crippen LogP contribution is 2.40. The number of urea groups is 1. The van der Waals surface area contributed by atoms with Gasteiger partial charge in [0.15, 0.2) is 5.54 Å². The molecule has 1 N–H and O–H groups in total. The number of halogens is 3. The summed E-state index contributed by atoms with van der Waals surface area (Å²) in [7, 11) is 0. The van der Waals surface area contributed by atoms with Gasteiger partial charge in [0.2, 0.25) is 0 Å². The van der Waals surface area contributed by atoms with E-state index < -0.39 is 30.3 Å². The van der Waals surface area contributed by atoms with Crippen LogP contribution in [0.2, 0.25) is 0 Å². The number of carbonyl (C=O) groups is 2. The summed E-state index contributed by atoms with van der Waals surface area (Å²) in [6.45, 7) is -1.79. The Hall–Kier alpha value is -2.29. The number of ether oxygens (including phenoxy) is 2. The van der Waals surface area contributed by atoms with Crippen molar-refractivity contribution in [3.63, 3.8) is 0 Å². The first-order chi connectivity index (χ1) is 11.3. The summed E-state index contributed by atoms with van der Waals surface area (Å²) in [5, 5.41) is 2.66. The van der Waals surface area contributed by atoms with Gasteiger partial charge in [-0.1, -0.05) is 18.2 Å². The van der Waals surface area contributed by atoms with Crippen molar-refractivity contribution in [2.75, 3.05) is 26.4 Å². The zero-order chi connectivity index (χ0) is 17.4. The molecule has 1 unspecified atom stereocenters. The molecule has 3 amide bonds. The lowest BCUT2D eigenvalue weighted by Gasteiger charge is -2.33. The lowest BCUT2D eigenvalue weighted by molar-refractivity contribution is -0.174. The number of fused-ring (bicyclic) bond motifs is 2. The number of hydrogen-bond acceptors (Lipinski definition) is 4. The van der Waals surface area contributed by atoms with Gasteiger partial charge >= 0.3 is 12.2 Å². The third kappa shape index (κ3) is 2.91. The van der Waals surface area contributed by atoms with Crippen LogP contribution in [0.3, 0.4) is 0 Å². The lowest BCUT2D eigenvalue weighted by Crippen LogP contribution is -2.47. The van der Waals surface area contributed by atoms with Crippen LogP contribution in [-0.4, -0.2) is 49.4 Å². The molecule has 0 radical (unpaired) electrons. The van der Waals surface area contributed by atoms with Crippen molar-refractivity contribution >= 4 is 11.9 Å². The van der Waals surface area contributed by atoms with Crippen LogP contribution in [0.25, 0.3) is 0 Å². The van der Waals surface area contributed by atoms with Gasteiger partial charge in [-0.3, -0.25) is 9.69 Å². The fourth-order valence-corrected chi connectivity index (χ4v) is 2.92. The molecule has 1 atom stereocenters. The van der Waals surface area contributed by atoms with Crippen molar-refractivity contribution in [2.24, 2.45) is 0 Å². The molecular weight excluding hydrogens is 329 g/mol. The molecule has 0 aromatic heterocycles. The van der Waals surface area contributed by atoms with Crippen LogP contribution in [0.5, 0.6) is 5.75 Å². The Morgan fingerprint density at radius 1 is 1.29 bits per heavy atom. The van der Waals surface area contributed by atoms with Crippen molar-refractivity contribution in [3.8, 4) is 5.75 Å². The van der Waals surface area contributed by atoms with Crippen LogP contribution in [-0.2, 0) is 15.1 Å². The van der Waals surface area contributed by atoms with Crippen LogP contribution in [0.4, 0.5) is 18.0 Å². The normalized spacial score (nSPS) is 23.2. The van der Waals surface area contributed by atoms with E-state index in [1.807, 2.05) is 0 Å². The second-order valence-corrected chi connectivity index (χ2v) is 5.55. The van der Waals surface area contributed by atoms with E-state index in [4.69, 9.17) is 4.74 Å². The fraction of sp³-hybridized carbons (Fsp3) is 0.467. The van der Waals surface area contributed by atoms with E-state index in [1.165, 1.54) is 0 Å². The third-order valence-electron chi connectivity index (χ3n) is 3.98. The first-order valence-electron chi connectivity index (χ1n) is 7.34. The maximum atomic E-state index is 12.8. The van der Waals surface area contributed by atoms with Gasteiger partial charge in [-0.25, -0.2) is 4.79 Å². The second-order valence-electron chi connectivity index (χ2n) is 5.55. The molecule has 0 aliphatic carbocycles. The van der Waals surface area contributed by atoms with Crippen molar-refractivity contribution in [3.05, 3.63) is 29.8 Å². The summed E-state index contributed by atoms with van der Waals surface area (Å²) in [5.41, 5.74) is -0.677. The molecule has 1 spiro atoms. The number of alkyl halides is 3. The number of nitrogens with one attached hydrogen (secondary N) is 1. The summed E-state index contributed by atoms with van der Waals surface area (Å²) in [4.78, 5) is 25.8. The molecule has 2 heterocycles. The Balaban J connectivity index is 1.73. The number of amides is 3. The Morgan fingerprint density at radius 2 is 2.04 bits per heavy atom. The number of carbonyl (C=O) groups excluding carboxylic acids is 2. The third-order valence-corrected chi connectivity index (χ3v) is 3.98. The molecule has 24 heavy (non-hydrogen) atoms. The summed E-state index contributed by atoms with van der Waals surface area (Å²) in [5.74, 6) is 0.00595. The second kappa shape index (κ2) is 5.97. The largest absolute Gasteiger partial charge is 0.493 e. The Bertz CT molecular complexity index is 664. The van der Waals surface area contributed by atoms with Crippen LogP contribution in [0.1, 0.15) is 12.0 Å². The smallest absolute Gasteiger partial charge is 0.411 e. The van der Waals surface area contributed by atoms with Crippen LogP contribution < -0.4 is 10.1 Å². The molecule has 2 aliphatic rings. The van der Waals surface area contributed by atoms with Crippen LogP contribution in [0, 0.1) is 0 Å². The highest BCUT2D eigenvalue weighted by molar-refractivity contribution is 6.07. The maximum absolute atomic E-state index is 12.8. The maximum Gasteiger partial charge on any atom is 0.411 e. The SMILES string of the molecule is O=C1NC2(CCOc3ccccc32)C(=O)N1CCOCC(F)(F)F. The quantitative estimate of drug-likeness (QED) is 0.668. The Labute approximate surface area is 135 Å². The predicted molar refractivity (Wildman–Crippen MR) is 75.4 cm³/mol.